The molecule has 29 heteroatoms. The molecule has 88 heavy (non-hydrogen) atoms. The molecule has 27 nitrogen and oxygen atoms in total. The summed E-state index contributed by atoms with van der Waals surface area (Å²) in [5.74, 6) is -15.8. The van der Waals surface area contributed by atoms with E-state index in [0.717, 1.165) is 4.90 Å². The second-order valence-electron chi connectivity index (χ2n) is 23.2. The summed E-state index contributed by atoms with van der Waals surface area (Å²) in [7, 11) is -2.39. The normalized spacial score (nSPS) is 24.7. The summed E-state index contributed by atoms with van der Waals surface area (Å²) in [6.45, 7) is 7.05. The number of nitrogens with two attached hydrogens (primary N) is 1. The Labute approximate surface area is 518 Å². The fourth-order valence-corrected chi connectivity index (χ4v) is 12.4. The smallest absolute Gasteiger partial charge is 0.243 e. The number of primary amides is 1. The number of fused-ring (bicyclic) bond motifs is 5. The monoisotopic (exact) mass is 1310 g/mol. The van der Waals surface area contributed by atoms with Crippen molar-refractivity contribution in [3.8, 4) is 5.75 Å². The van der Waals surface area contributed by atoms with Gasteiger partial charge in [0.15, 0.2) is 17.3 Å². The number of amides is 9. The number of halogens is 1. The molecule has 4 heterocycles. The van der Waals surface area contributed by atoms with Crippen molar-refractivity contribution >= 4 is 114 Å². The van der Waals surface area contributed by atoms with Crippen molar-refractivity contribution in [2.24, 2.45) is 41.2 Å². The molecule has 3 unspecified atom stereocenters. The van der Waals surface area contributed by atoms with Crippen LogP contribution in [0.25, 0.3) is 10.9 Å². The highest BCUT2D eigenvalue weighted by Gasteiger charge is 2.45. The van der Waals surface area contributed by atoms with Gasteiger partial charge in [0.05, 0.1) is 83.3 Å². The van der Waals surface area contributed by atoms with Crippen molar-refractivity contribution in [1.82, 2.24) is 41.8 Å². The zero-order valence-corrected chi connectivity index (χ0v) is 52.2. The summed E-state index contributed by atoms with van der Waals surface area (Å²) < 4.78 is 21.4. The highest BCUT2D eigenvalue weighted by atomic mass is 79.9. The third-order valence-electron chi connectivity index (χ3n) is 16.1. The number of Topliss-reactive ketones (excluding diaryl/α,β-unsaturated/α-hetero) is 3. The number of aliphatic hydroxyl groups is 3. The second kappa shape index (κ2) is 31.6. The zero-order chi connectivity index (χ0) is 64.8. The fraction of sp³-hybridized carbons (Fsp3) is 0.559. The minimum Gasteiger partial charge on any atom is -0.489 e. The van der Waals surface area contributed by atoms with Crippen molar-refractivity contribution in [2.75, 3.05) is 42.6 Å². The Morgan fingerprint density at radius 1 is 0.852 bits per heavy atom. The summed E-state index contributed by atoms with van der Waals surface area (Å²) in [4.78, 5) is 169. The minimum atomic E-state index is -2.39. The SMILES string of the molecule is CC[C@H](C)[C@@H]1NC(=O)CNC(=O)C2CC(=O)[C@H]([C@@H](C)[C@@H](O)CO)NC(=O)[C@@H]3CC(O)CN3C(=O)[C@H](CC(N)=O)CC(=O)C(C[S@@](=O)c3[nH]c4cc(OCc5ccc(NC(=O)[C@H](C)CC(=O)[C@@H](NC(=O)CBr)C(C)C)cc5)ccc4c3C2)NC(=O)CNC1=O. The van der Waals surface area contributed by atoms with Crippen LogP contribution in [0, 0.1) is 35.5 Å². The molecule has 6 rings (SSSR count). The molecule has 3 aromatic rings. The lowest BCUT2D eigenvalue weighted by molar-refractivity contribution is -0.145. The van der Waals surface area contributed by atoms with E-state index < -0.39 is 199 Å². The van der Waals surface area contributed by atoms with Gasteiger partial charge in [-0.25, -0.2) is 0 Å². The van der Waals surface area contributed by atoms with Crippen LogP contribution in [0.1, 0.15) is 91.2 Å². The Kier molecular flexibility index (Phi) is 25.0. The Morgan fingerprint density at radius 3 is 2.16 bits per heavy atom. The topological polar surface area (TPSA) is 421 Å². The predicted molar refractivity (Wildman–Crippen MR) is 322 cm³/mol. The minimum absolute atomic E-state index is 0.0199. The van der Waals surface area contributed by atoms with Gasteiger partial charge < -0.3 is 72.9 Å². The number of H-pyrrole nitrogens is 1. The van der Waals surface area contributed by atoms with Crippen LogP contribution < -0.4 is 47.7 Å². The van der Waals surface area contributed by atoms with Crippen LogP contribution in [0.15, 0.2) is 47.5 Å². The van der Waals surface area contributed by atoms with Gasteiger partial charge in [0.25, 0.3) is 0 Å². The maximum absolute atomic E-state index is 15.2. The van der Waals surface area contributed by atoms with Crippen molar-refractivity contribution in [3.05, 3.63) is 53.6 Å². The molecule has 3 aliphatic rings. The number of alkyl halides is 1. The Hall–Kier alpha value is -7.47. The lowest BCUT2D eigenvalue weighted by Gasteiger charge is -2.32. The largest absolute Gasteiger partial charge is 0.489 e. The number of hydrogen-bond acceptors (Lipinski definition) is 17. The number of aromatic nitrogens is 1. The number of aliphatic hydroxyl groups excluding tert-OH is 3. The molecule has 0 radical (unpaired) electrons. The standard InChI is InChI=1S/C59H79BrN10O17S/c1-7-29(4)52-57(84)63-22-49(79)65-41-27-88(86)58-39(38-13-12-37(20-40(38)66-58)87-26-32-8-10-35(11-9-32)64-54(81)30(5)14-44(74)51(28(2)3)67-48(78)21-60)15-33(55(82)62-23-50(80)68-52)16-45(75)53(31(6)46(76)25-71)69-56(83)42-19-36(72)24-70(42)59(85)34(17-43(41)73)18-47(61)77/h8-13,20,28-31,33-34,36,41-42,46,51-53,66,71-72,76H,7,14-19,21-27H2,1-6H3,(H2,61,77)(H,62,82)(H,63,84)(H,64,81)(H,65,79)(H,67,78)(H,68,80)(H,69,83)/t29-,30+,31-,33?,34-,36?,41?,42-,46-,51-,52-,53-,88+/m0/s1. The van der Waals surface area contributed by atoms with Gasteiger partial charge in [-0.3, -0.25) is 61.7 Å². The molecule has 0 aliphatic carbocycles. The quantitative estimate of drug-likeness (QED) is 0.0694. The third-order valence-corrected chi connectivity index (χ3v) is 18.1. The van der Waals surface area contributed by atoms with Crippen LogP contribution >= 0.6 is 15.9 Å². The van der Waals surface area contributed by atoms with Crippen LogP contribution in [-0.4, -0.2) is 180 Å². The van der Waals surface area contributed by atoms with Crippen molar-refractivity contribution in [3.63, 3.8) is 0 Å². The molecule has 1 fully saturated rings. The van der Waals surface area contributed by atoms with Gasteiger partial charge in [-0.1, -0.05) is 76.0 Å². The number of nitrogens with one attached hydrogen (secondary N) is 8. The predicted octanol–water partition coefficient (Wildman–Crippen LogP) is -0.796. The van der Waals surface area contributed by atoms with E-state index in [-0.39, 0.29) is 64.2 Å². The van der Waals surface area contributed by atoms with Crippen LogP contribution in [0.5, 0.6) is 5.75 Å². The van der Waals surface area contributed by atoms with E-state index in [9.17, 15) is 72.9 Å². The number of ketones is 3. The van der Waals surface area contributed by atoms with Gasteiger partial charge in [-0.2, -0.15) is 0 Å². The molecule has 1 aromatic heterocycles. The first kappa shape index (κ1) is 69.6. The third kappa shape index (κ3) is 18.3. The first-order chi connectivity index (χ1) is 41.6. The molecular weight excluding hydrogens is 1230 g/mol. The lowest BCUT2D eigenvalue weighted by Crippen LogP contribution is -2.56. The molecule has 13 atom stereocenters. The fourth-order valence-electron chi connectivity index (χ4n) is 10.8. The number of benzene rings is 2. The second-order valence-corrected chi connectivity index (χ2v) is 25.2. The summed E-state index contributed by atoms with van der Waals surface area (Å²) >= 11 is 3.08. The molecule has 0 saturated carbocycles. The van der Waals surface area contributed by atoms with Gasteiger partial charge in [0, 0.05) is 73.5 Å². The van der Waals surface area contributed by atoms with E-state index >= 15 is 4.21 Å². The molecule has 0 spiro atoms. The number of hydrogen-bond donors (Lipinski definition) is 12. The number of carbonyl (C=O) groups excluding carboxylic acids is 12. The van der Waals surface area contributed by atoms with E-state index in [2.05, 4.69) is 58.1 Å². The molecular formula is C59H79BrN10O17S. The first-order valence-electron chi connectivity index (χ1n) is 29.1. The van der Waals surface area contributed by atoms with Crippen molar-refractivity contribution < 1.29 is 81.8 Å². The van der Waals surface area contributed by atoms with Gasteiger partial charge in [0.2, 0.25) is 53.2 Å². The van der Waals surface area contributed by atoms with Crippen molar-refractivity contribution in [2.45, 2.75) is 141 Å². The molecule has 3 aliphatic heterocycles. The van der Waals surface area contributed by atoms with Gasteiger partial charge >= 0.3 is 0 Å². The number of rotatable bonds is 18. The van der Waals surface area contributed by atoms with E-state index in [4.69, 9.17) is 10.5 Å². The summed E-state index contributed by atoms with van der Waals surface area (Å²) in [5, 5.41) is 50.3. The van der Waals surface area contributed by atoms with Crippen LogP contribution in [0.3, 0.4) is 0 Å². The van der Waals surface area contributed by atoms with Crippen molar-refractivity contribution in [1.29, 1.82) is 0 Å². The summed E-state index contributed by atoms with van der Waals surface area (Å²) in [6.07, 6.45) is -5.94. The number of nitrogens with zero attached hydrogens (tertiary/aromatic N) is 1. The zero-order valence-electron chi connectivity index (χ0n) is 49.8. The summed E-state index contributed by atoms with van der Waals surface area (Å²) in [6, 6.07) is 4.37. The Morgan fingerprint density at radius 2 is 1.52 bits per heavy atom. The van der Waals surface area contributed by atoms with Gasteiger partial charge in [-0.15, -0.1) is 0 Å². The number of anilines is 1. The average Bonchev–Trinajstić information content (AvgIpc) is 1.73. The summed E-state index contributed by atoms with van der Waals surface area (Å²) in [5.41, 5.74) is 7.11. The number of aromatic amines is 1. The molecule has 2 bridgehead atoms. The first-order valence-corrected chi connectivity index (χ1v) is 31.6. The molecule has 480 valence electrons. The van der Waals surface area contributed by atoms with Crippen LogP contribution in [0.2, 0.25) is 0 Å². The maximum atomic E-state index is 15.2. The highest BCUT2D eigenvalue weighted by Crippen LogP contribution is 2.33. The Balaban J connectivity index is 1.41. The van der Waals surface area contributed by atoms with Crippen LogP contribution in [0.4, 0.5) is 5.69 Å². The van der Waals surface area contributed by atoms with Crippen LogP contribution in [-0.2, 0) is 81.4 Å². The number of ether oxygens (including phenoxy) is 1. The average molecular weight is 1310 g/mol. The molecule has 9 amide bonds. The number of carbonyl (C=O) groups is 12. The van der Waals surface area contributed by atoms with E-state index in [1.54, 1.807) is 77.1 Å². The highest BCUT2D eigenvalue weighted by molar-refractivity contribution is 9.09. The molecule has 13 N–H and O–H groups in total. The lowest BCUT2D eigenvalue weighted by atomic mass is 9.85. The van der Waals surface area contributed by atoms with E-state index in [1.165, 1.54) is 6.92 Å². The molecule has 2 aromatic carbocycles. The maximum Gasteiger partial charge on any atom is 0.243 e. The van der Waals surface area contributed by atoms with Gasteiger partial charge in [-0.05, 0) is 53.6 Å². The molecule has 1 saturated heterocycles. The Bertz CT molecular complexity index is 3160. The van der Waals surface area contributed by atoms with Gasteiger partial charge in [0.1, 0.15) is 29.5 Å². The van der Waals surface area contributed by atoms with E-state index in [0.29, 0.717) is 23.1 Å². The van der Waals surface area contributed by atoms with E-state index in [1.807, 2.05) is 0 Å².